The van der Waals surface area contributed by atoms with E-state index in [1.165, 1.54) is 41.5 Å². The van der Waals surface area contributed by atoms with E-state index in [-0.39, 0.29) is 0 Å². The summed E-state index contributed by atoms with van der Waals surface area (Å²) in [7, 11) is 0. The van der Waals surface area contributed by atoms with Gasteiger partial charge in [-0.15, -0.1) is 0 Å². The van der Waals surface area contributed by atoms with Gasteiger partial charge in [0.25, 0.3) is 0 Å². The zero-order chi connectivity index (χ0) is 14.4. The summed E-state index contributed by atoms with van der Waals surface area (Å²) in [6.07, 6.45) is 3.83. The molecule has 1 rings (SSSR count). The van der Waals surface area contributed by atoms with Crippen LogP contribution < -0.4 is 5.32 Å². The lowest BCUT2D eigenvalue weighted by Gasteiger charge is -2.15. The molecule has 0 amide bonds. The van der Waals surface area contributed by atoms with Crippen LogP contribution in [0.5, 0.6) is 0 Å². The molecule has 1 heteroatoms. The second-order valence-electron chi connectivity index (χ2n) is 6.05. The minimum atomic E-state index is 0.810. The predicted molar refractivity (Wildman–Crippen MR) is 86.4 cm³/mol. The first kappa shape index (κ1) is 15.8. The molecular formula is C18H29N. The normalized spacial score (nSPS) is 10.8. The first-order valence-corrected chi connectivity index (χ1v) is 7.42. The van der Waals surface area contributed by atoms with E-state index in [0.717, 1.165) is 18.2 Å². The minimum Gasteiger partial charge on any atom is -0.385 e. The van der Waals surface area contributed by atoms with Gasteiger partial charge in [-0.3, -0.25) is 0 Å². The van der Waals surface area contributed by atoms with Crippen molar-refractivity contribution in [2.45, 2.75) is 53.9 Å². The van der Waals surface area contributed by atoms with Crippen LogP contribution in [0.3, 0.4) is 0 Å². The van der Waals surface area contributed by atoms with Crippen molar-refractivity contribution in [2.75, 3.05) is 6.54 Å². The van der Waals surface area contributed by atoms with Crippen LogP contribution in [0.1, 0.15) is 55.4 Å². The molecule has 1 N–H and O–H groups in total. The van der Waals surface area contributed by atoms with Crippen molar-refractivity contribution in [3.05, 3.63) is 41.0 Å². The molecule has 0 aliphatic carbocycles. The molecule has 0 radical (unpaired) electrons. The highest BCUT2D eigenvalue weighted by molar-refractivity contribution is 5.66. The van der Waals surface area contributed by atoms with Gasteiger partial charge in [0.15, 0.2) is 0 Å². The molecule has 19 heavy (non-hydrogen) atoms. The Hall–Kier alpha value is -1.24. The van der Waals surface area contributed by atoms with Gasteiger partial charge in [-0.1, -0.05) is 44.9 Å². The lowest BCUT2D eigenvalue weighted by Crippen LogP contribution is -2.14. The lowest BCUT2D eigenvalue weighted by molar-refractivity contribution is 0.534. The maximum Gasteiger partial charge on any atom is 0.0343 e. The van der Waals surface area contributed by atoms with Gasteiger partial charge in [-0.05, 0) is 50.3 Å². The highest BCUT2D eigenvalue weighted by Gasteiger charge is 2.06. The number of hydrogen-bond donors (Lipinski definition) is 1. The van der Waals surface area contributed by atoms with Crippen LogP contribution >= 0.6 is 0 Å². The first-order chi connectivity index (χ1) is 8.91. The van der Waals surface area contributed by atoms with Crippen LogP contribution in [-0.4, -0.2) is 6.54 Å². The zero-order valence-electron chi connectivity index (χ0n) is 13.3. The number of rotatable bonds is 7. The Morgan fingerprint density at radius 3 is 2.47 bits per heavy atom. The van der Waals surface area contributed by atoms with Crippen LogP contribution in [0, 0.1) is 26.7 Å². The van der Waals surface area contributed by atoms with Gasteiger partial charge in [0, 0.05) is 17.8 Å². The number of benzene rings is 1. The number of nitrogens with one attached hydrogen (secondary N) is 1. The van der Waals surface area contributed by atoms with E-state index in [1.54, 1.807) is 0 Å². The molecule has 0 aliphatic heterocycles. The van der Waals surface area contributed by atoms with Crippen LogP contribution in [0.15, 0.2) is 18.7 Å². The average molecular weight is 259 g/mol. The Labute approximate surface area is 119 Å². The molecule has 0 saturated carbocycles. The van der Waals surface area contributed by atoms with E-state index >= 15 is 0 Å². The highest BCUT2D eigenvalue weighted by Crippen LogP contribution is 2.21. The topological polar surface area (TPSA) is 12.0 Å². The minimum absolute atomic E-state index is 0.810. The third kappa shape index (κ3) is 5.10. The molecule has 0 aromatic heterocycles. The van der Waals surface area contributed by atoms with Gasteiger partial charge in [-0.2, -0.15) is 0 Å². The molecule has 0 spiro atoms. The van der Waals surface area contributed by atoms with E-state index in [0.29, 0.717) is 0 Å². The molecule has 0 aliphatic rings. The van der Waals surface area contributed by atoms with Gasteiger partial charge in [0.05, 0.1) is 0 Å². The summed E-state index contributed by atoms with van der Waals surface area (Å²) in [4.78, 5) is 0. The maximum absolute atomic E-state index is 4.19. The summed E-state index contributed by atoms with van der Waals surface area (Å²) in [5.74, 6) is 0.810. The van der Waals surface area contributed by atoms with E-state index < -0.39 is 0 Å². The monoisotopic (exact) mass is 259 g/mol. The SMILES string of the molecule is C=C(NCCCCC(C)C)c1cc(C)cc(C)c1C. The van der Waals surface area contributed by atoms with E-state index in [4.69, 9.17) is 0 Å². The first-order valence-electron chi connectivity index (χ1n) is 7.42. The molecule has 0 saturated heterocycles. The van der Waals surface area contributed by atoms with Gasteiger partial charge < -0.3 is 5.32 Å². The highest BCUT2D eigenvalue weighted by atomic mass is 14.9. The Balaban J connectivity index is 2.50. The molecule has 0 unspecified atom stereocenters. The molecule has 1 aromatic rings. The molecule has 0 atom stereocenters. The Morgan fingerprint density at radius 1 is 1.16 bits per heavy atom. The smallest absolute Gasteiger partial charge is 0.0343 e. The molecule has 0 fully saturated rings. The number of aryl methyl sites for hydroxylation is 2. The van der Waals surface area contributed by atoms with E-state index in [2.05, 4.69) is 58.6 Å². The Kier molecular flexibility index (Phi) is 6.14. The quantitative estimate of drug-likeness (QED) is 0.680. The van der Waals surface area contributed by atoms with Gasteiger partial charge in [0.2, 0.25) is 0 Å². The third-order valence-corrected chi connectivity index (χ3v) is 3.68. The molecule has 0 bridgehead atoms. The lowest BCUT2D eigenvalue weighted by atomic mass is 9.98. The van der Waals surface area contributed by atoms with Crippen molar-refractivity contribution in [2.24, 2.45) is 5.92 Å². The van der Waals surface area contributed by atoms with E-state index in [1.807, 2.05) is 0 Å². The van der Waals surface area contributed by atoms with Crippen molar-refractivity contribution >= 4 is 5.70 Å². The predicted octanol–water partition coefficient (Wildman–Crippen LogP) is 5.00. The zero-order valence-corrected chi connectivity index (χ0v) is 13.3. The molecule has 106 valence electrons. The summed E-state index contributed by atoms with van der Waals surface area (Å²) in [6.45, 7) is 16.3. The fraction of sp³-hybridized carbons (Fsp3) is 0.556. The van der Waals surface area contributed by atoms with Crippen LogP contribution in [0.2, 0.25) is 0 Å². The molecule has 0 heterocycles. The Morgan fingerprint density at radius 2 is 1.84 bits per heavy atom. The standard InChI is InChI=1S/C18H29N/c1-13(2)9-7-8-10-19-17(6)18-12-14(3)11-15(4)16(18)5/h11-13,19H,6-10H2,1-5H3. The second-order valence-corrected chi connectivity index (χ2v) is 6.05. The second kappa shape index (κ2) is 7.37. The van der Waals surface area contributed by atoms with E-state index in [9.17, 15) is 0 Å². The summed E-state index contributed by atoms with van der Waals surface area (Å²) in [5, 5.41) is 3.47. The van der Waals surface area contributed by atoms with Crippen molar-refractivity contribution in [3.8, 4) is 0 Å². The van der Waals surface area contributed by atoms with Crippen LogP contribution in [0.4, 0.5) is 0 Å². The van der Waals surface area contributed by atoms with Crippen LogP contribution in [-0.2, 0) is 0 Å². The Bertz CT molecular complexity index is 430. The maximum atomic E-state index is 4.19. The molecule has 1 aromatic carbocycles. The van der Waals surface area contributed by atoms with Gasteiger partial charge in [-0.25, -0.2) is 0 Å². The van der Waals surface area contributed by atoms with Crippen molar-refractivity contribution < 1.29 is 0 Å². The summed E-state index contributed by atoms with van der Waals surface area (Å²) < 4.78 is 0. The average Bonchev–Trinajstić information content (AvgIpc) is 2.32. The fourth-order valence-corrected chi connectivity index (χ4v) is 2.37. The fourth-order valence-electron chi connectivity index (χ4n) is 2.37. The molecule has 1 nitrogen and oxygen atoms in total. The summed E-state index contributed by atoms with van der Waals surface area (Å²) in [6, 6.07) is 4.46. The van der Waals surface area contributed by atoms with Crippen molar-refractivity contribution in [1.29, 1.82) is 0 Å². The summed E-state index contributed by atoms with van der Waals surface area (Å²) >= 11 is 0. The van der Waals surface area contributed by atoms with Gasteiger partial charge >= 0.3 is 0 Å². The van der Waals surface area contributed by atoms with Crippen LogP contribution in [0.25, 0.3) is 5.70 Å². The van der Waals surface area contributed by atoms with Crippen molar-refractivity contribution in [3.63, 3.8) is 0 Å². The number of unbranched alkanes of at least 4 members (excludes halogenated alkanes) is 1. The number of hydrogen-bond acceptors (Lipinski definition) is 1. The molecular weight excluding hydrogens is 230 g/mol. The third-order valence-electron chi connectivity index (χ3n) is 3.68. The summed E-state index contributed by atoms with van der Waals surface area (Å²) in [5.41, 5.74) is 6.32. The largest absolute Gasteiger partial charge is 0.385 e. The van der Waals surface area contributed by atoms with Crippen molar-refractivity contribution in [1.82, 2.24) is 5.32 Å². The van der Waals surface area contributed by atoms with Gasteiger partial charge in [0.1, 0.15) is 0 Å².